The molecule has 0 radical (unpaired) electrons. The third kappa shape index (κ3) is 4.16. The number of hydrogen-bond donors (Lipinski definition) is 1. The molecular weight excluding hydrogens is 219 g/mol. The zero-order valence-corrected chi connectivity index (χ0v) is 8.96. The zero-order valence-electron chi connectivity index (χ0n) is 8.96. The van der Waals surface area contributed by atoms with E-state index >= 15 is 0 Å². The summed E-state index contributed by atoms with van der Waals surface area (Å²) < 4.78 is 36.3. The van der Waals surface area contributed by atoms with Crippen molar-refractivity contribution in [2.75, 3.05) is 13.6 Å². The van der Waals surface area contributed by atoms with Gasteiger partial charge in [0, 0.05) is 19.3 Å². The highest BCUT2D eigenvalue weighted by Crippen LogP contribution is 2.17. The van der Waals surface area contributed by atoms with E-state index in [-0.39, 0.29) is 13.1 Å². The van der Waals surface area contributed by atoms with E-state index in [4.69, 9.17) is 5.73 Å². The van der Waals surface area contributed by atoms with Crippen LogP contribution in [-0.4, -0.2) is 29.7 Å². The quantitative estimate of drug-likeness (QED) is 0.857. The summed E-state index contributed by atoms with van der Waals surface area (Å²) in [7, 11) is 1.42. The molecule has 1 aromatic rings. The molecule has 0 aliphatic carbocycles. The van der Waals surface area contributed by atoms with E-state index in [9.17, 15) is 13.2 Å². The predicted molar refractivity (Wildman–Crippen MR) is 54.5 cm³/mol. The number of aromatic nitrogens is 1. The SMILES string of the molecule is CN(Cc1cccnc1CN)CC(F)(F)F. The molecule has 0 fully saturated rings. The second-order valence-corrected chi connectivity index (χ2v) is 3.60. The van der Waals surface area contributed by atoms with Crippen LogP contribution in [0.5, 0.6) is 0 Å². The number of halogens is 3. The van der Waals surface area contributed by atoms with Crippen molar-refractivity contribution in [1.29, 1.82) is 0 Å². The first kappa shape index (κ1) is 12.9. The average molecular weight is 233 g/mol. The highest BCUT2D eigenvalue weighted by Gasteiger charge is 2.29. The second-order valence-electron chi connectivity index (χ2n) is 3.60. The van der Waals surface area contributed by atoms with Crippen molar-refractivity contribution in [2.45, 2.75) is 19.3 Å². The predicted octanol–water partition coefficient (Wildman–Crippen LogP) is 1.53. The molecule has 3 nitrogen and oxygen atoms in total. The number of alkyl halides is 3. The normalized spacial score (nSPS) is 12.1. The summed E-state index contributed by atoms with van der Waals surface area (Å²) in [6.45, 7) is -0.512. The minimum atomic E-state index is -4.18. The molecular formula is C10H14F3N3. The van der Waals surface area contributed by atoms with Crippen LogP contribution in [0.25, 0.3) is 0 Å². The molecule has 0 spiro atoms. The summed E-state index contributed by atoms with van der Waals surface area (Å²) in [6, 6.07) is 3.43. The Labute approximate surface area is 92.1 Å². The maximum atomic E-state index is 12.1. The molecule has 0 bridgehead atoms. The van der Waals surface area contributed by atoms with Crippen LogP contribution in [0.1, 0.15) is 11.3 Å². The van der Waals surface area contributed by atoms with Gasteiger partial charge in [-0.3, -0.25) is 9.88 Å². The molecule has 90 valence electrons. The van der Waals surface area contributed by atoms with Crippen molar-refractivity contribution in [3.8, 4) is 0 Å². The van der Waals surface area contributed by atoms with Crippen LogP contribution in [0.3, 0.4) is 0 Å². The fraction of sp³-hybridized carbons (Fsp3) is 0.500. The summed E-state index contributed by atoms with van der Waals surface area (Å²) in [6.07, 6.45) is -2.60. The van der Waals surface area contributed by atoms with Gasteiger partial charge < -0.3 is 5.73 Å². The molecule has 1 rings (SSSR count). The molecule has 1 aromatic heterocycles. The summed E-state index contributed by atoms with van der Waals surface area (Å²) in [5.41, 5.74) is 6.82. The number of nitrogens with two attached hydrogens (primary N) is 1. The van der Waals surface area contributed by atoms with E-state index in [0.717, 1.165) is 5.56 Å². The molecule has 6 heteroatoms. The van der Waals surface area contributed by atoms with Gasteiger partial charge in [0.15, 0.2) is 0 Å². The maximum Gasteiger partial charge on any atom is 0.401 e. The Balaban J connectivity index is 2.65. The van der Waals surface area contributed by atoms with Gasteiger partial charge in [-0.2, -0.15) is 13.2 Å². The number of pyridine rings is 1. The summed E-state index contributed by atoms with van der Waals surface area (Å²) in [5.74, 6) is 0. The van der Waals surface area contributed by atoms with Crippen molar-refractivity contribution >= 4 is 0 Å². The molecule has 0 aliphatic heterocycles. The smallest absolute Gasteiger partial charge is 0.325 e. The Morgan fingerprint density at radius 2 is 2.12 bits per heavy atom. The van der Waals surface area contributed by atoms with Gasteiger partial charge >= 0.3 is 6.18 Å². The van der Waals surface area contributed by atoms with Crippen LogP contribution in [-0.2, 0) is 13.1 Å². The van der Waals surface area contributed by atoms with Crippen LogP contribution >= 0.6 is 0 Å². The van der Waals surface area contributed by atoms with Gasteiger partial charge in [-0.05, 0) is 18.7 Å². The van der Waals surface area contributed by atoms with Crippen LogP contribution in [0, 0.1) is 0 Å². The average Bonchev–Trinajstić information content (AvgIpc) is 2.15. The minimum absolute atomic E-state index is 0.194. The molecule has 0 unspecified atom stereocenters. The maximum absolute atomic E-state index is 12.1. The summed E-state index contributed by atoms with van der Waals surface area (Å²) >= 11 is 0. The topological polar surface area (TPSA) is 42.2 Å². The van der Waals surface area contributed by atoms with Gasteiger partial charge in [0.2, 0.25) is 0 Å². The third-order valence-electron chi connectivity index (χ3n) is 2.07. The number of rotatable bonds is 4. The molecule has 16 heavy (non-hydrogen) atoms. The van der Waals surface area contributed by atoms with E-state index in [2.05, 4.69) is 4.98 Å². The first-order valence-electron chi connectivity index (χ1n) is 4.80. The molecule has 0 atom stereocenters. The molecule has 0 aromatic carbocycles. The first-order valence-corrected chi connectivity index (χ1v) is 4.80. The molecule has 0 saturated heterocycles. The standard InChI is InChI=1S/C10H14F3N3/c1-16(7-10(11,12)13)6-8-3-2-4-15-9(8)5-14/h2-4H,5-7,14H2,1H3. The Hall–Kier alpha value is -1.14. The largest absolute Gasteiger partial charge is 0.401 e. The van der Waals surface area contributed by atoms with E-state index in [0.29, 0.717) is 5.69 Å². The van der Waals surface area contributed by atoms with Crippen molar-refractivity contribution < 1.29 is 13.2 Å². The van der Waals surface area contributed by atoms with Crippen molar-refractivity contribution in [2.24, 2.45) is 5.73 Å². The lowest BCUT2D eigenvalue weighted by Crippen LogP contribution is -2.31. The van der Waals surface area contributed by atoms with Gasteiger partial charge in [-0.25, -0.2) is 0 Å². The van der Waals surface area contributed by atoms with E-state index in [1.807, 2.05) is 0 Å². The molecule has 0 saturated carbocycles. The second kappa shape index (κ2) is 5.27. The minimum Gasteiger partial charge on any atom is -0.325 e. The fourth-order valence-electron chi connectivity index (χ4n) is 1.45. The molecule has 0 aliphatic rings. The van der Waals surface area contributed by atoms with Gasteiger partial charge in [-0.1, -0.05) is 6.07 Å². The van der Waals surface area contributed by atoms with Gasteiger partial charge in [0.1, 0.15) is 0 Å². The van der Waals surface area contributed by atoms with Crippen LogP contribution < -0.4 is 5.73 Å². The molecule has 0 amide bonds. The van der Waals surface area contributed by atoms with Gasteiger partial charge in [0.25, 0.3) is 0 Å². The van der Waals surface area contributed by atoms with E-state index < -0.39 is 12.7 Å². The van der Waals surface area contributed by atoms with E-state index in [1.165, 1.54) is 11.9 Å². The number of nitrogens with zero attached hydrogens (tertiary/aromatic N) is 2. The first-order chi connectivity index (χ1) is 7.42. The molecule has 2 N–H and O–H groups in total. The van der Waals surface area contributed by atoms with Crippen molar-refractivity contribution in [3.05, 3.63) is 29.6 Å². The zero-order chi connectivity index (χ0) is 12.2. The fourth-order valence-corrected chi connectivity index (χ4v) is 1.45. The van der Waals surface area contributed by atoms with Crippen LogP contribution in [0.2, 0.25) is 0 Å². The lowest BCUT2D eigenvalue weighted by molar-refractivity contribution is -0.144. The Bertz CT molecular complexity index is 338. The third-order valence-corrected chi connectivity index (χ3v) is 2.07. The number of hydrogen-bond acceptors (Lipinski definition) is 3. The lowest BCUT2D eigenvalue weighted by Gasteiger charge is -2.19. The Morgan fingerprint density at radius 3 is 2.69 bits per heavy atom. The van der Waals surface area contributed by atoms with Gasteiger partial charge in [-0.15, -0.1) is 0 Å². The highest BCUT2D eigenvalue weighted by atomic mass is 19.4. The summed E-state index contributed by atoms with van der Waals surface area (Å²) in [5, 5.41) is 0. The highest BCUT2D eigenvalue weighted by molar-refractivity contribution is 5.19. The van der Waals surface area contributed by atoms with Crippen LogP contribution in [0.15, 0.2) is 18.3 Å². The van der Waals surface area contributed by atoms with Crippen molar-refractivity contribution in [1.82, 2.24) is 9.88 Å². The molecule has 1 heterocycles. The Kier molecular flexibility index (Phi) is 4.26. The van der Waals surface area contributed by atoms with Gasteiger partial charge in [0.05, 0.1) is 12.2 Å². The lowest BCUT2D eigenvalue weighted by atomic mass is 10.2. The monoisotopic (exact) mass is 233 g/mol. The van der Waals surface area contributed by atoms with Crippen molar-refractivity contribution in [3.63, 3.8) is 0 Å². The van der Waals surface area contributed by atoms with E-state index in [1.54, 1.807) is 18.3 Å². The summed E-state index contributed by atoms with van der Waals surface area (Å²) in [4.78, 5) is 5.20. The van der Waals surface area contributed by atoms with Crippen LogP contribution in [0.4, 0.5) is 13.2 Å². The Morgan fingerprint density at radius 1 is 1.44 bits per heavy atom.